The van der Waals surface area contributed by atoms with E-state index in [0.717, 1.165) is 25.9 Å². The second-order valence-corrected chi connectivity index (χ2v) is 4.52. The van der Waals surface area contributed by atoms with Crippen LogP contribution in [0.3, 0.4) is 0 Å². The van der Waals surface area contributed by atoms with Crippen LogP contribution in [-0.4, -0.2) is 38.0 Å². The first-order valence-corrected chi connectivity index (χ1v) is 6.46. The highest BCUT2D eigenvalue weighted by atomic mass is 35.5. The van der Waals surface area contributed by atoms with Gasteiger partial charge in [0.05, 0.1) is 6.54 Å². The van der Waals surface area contributed by atoms with Crippen LogP contribution in [0.4, 0.5) is 0 Å². The van der Waals surface area contributed by atoms with Crippen molar-refractivity contribution in [3.8, 4) is 0 Å². The first-order chi connectivity index (χ1) is 8.22. The number of hydrogen-bond acceptors (Lipinski definition) is 3. The lowest BCUT2D eigenvalue weighted by Gasteiger charge is -2.09. The van der Waals surface area contributed by atoms with Gasteiger partial charge >= 0.3 is 0 Å². The van der Waals surface area contributed by atoms with E-state index >= 15 is 0 Å². The van der Waals surface area contributed by atoms with E-state index in [0.29, 0.717) is 18.9 Å². The van der Waals surface area contributed by atoms with Gasteiger partial charge in [-0.05, 0) is 38.3 Å². The topological polar surface area (TPSA) is 70.2 Å². The molecule has 6 heteroatoms. The van der Waals surface area contributed by atoms with Gasteiger partial charge in [-0.15, -0.1) is 12.4 Å². The van der Waals surface area contributed by atoms with Crippen LogP contribution in [0.5, 0.6) is 0 Å². The Balaban J connectivity index is 0.00000289. The maximum absolute atomic E-state index is 11.4. The molecule has 1 atom stereocenters. The third kappa shape index (κ3) is 7.50. The zero-order chi connectivity index (χ0) is 12.5. The minimum atomic E-state index is -0.0968. The Labute approximate surface area is 115 Å². The summed E-state index contributed by atoms with van der Waals surface area (Å²) in [5.41, 5.74) is 0. The number of amides is 2. The molecule has 1 aliphatic heterocycles. The summed E-state index contributed by atoms with van der Waals surface area (Å²) in [5, 5.41) is 8.72. The van der Waals surface area contributed by atoms with Gasteiger partial charge in [0.2, 0.25) is 11.8 Å². The molecule has 0 aromatic heterocycles. The van der Waals surface area contributed by atoms with Crippen LogP contribution in [0.1, 0.15) is 32.6 Å². The summed E-state index contributed by atoms with van der Waals surface area (Å²) >= 11 is 0. The number of carbonyl (C=O) groups is 2. The fourth-order valence-electron chi connectivity index (χ4n) is 1.93. The highest BCUT2D eigenvalue weighted by molar-refractivity contribution is 5.85. The molecule has 0 aromatic carbocycles. The van der Waals surface area contributed by atoms with Gasteiger partial charge in [-0.1, -0.05) is 6.92 Å². The van der Waals surface area contributed by atoms with Crippen LogP contribution in [0.15, 0.2) is 0 Å². The van der Waals surface area contributed by atoms with Crippen molar-refractivity contribution in [3.05, 3.63) is 0 Å². The van der Waals surface area contributed by atoms with E-state index in [1.54, 1.807) is 0 Å². The first-order valence-electron chi connectivity index (χ1n) is 6.46. The molecule has 1 saturated heterocycles. The molecule has 0 bridgehead atoms. The Hall–Kier alpha value is -0.810. The Morgan fingerprint density at radius 2 is 2.06 bits per heavy atom. The Morgan fingerprint density at radius 1 is 1.28 bits per heavy atom. The summed E-state index contributed by atoms with van der Waals surface area (Å²) in [6.07, 6.45) is 3.51. The Kier molecular flexibility index (Phi) is 9.69. The monoisotopic (exact) mass is 277 g/mol. The molecule has 1 unspecified atom stereocenters. The van der Waals surface area contributed by atoms with Crippen molar-refractivity contribution >= 4 is 24.2 Å². The molecule has 2 amide bonds. The van der Waals surface area contributed by atoms with Gasteiger partial charge in [0.25, 0.3) is 0 Å². The molecule has 18 heavy (non-hydrogen) atoms. The van der Waals surface area contributed by atoms with Crippen LogP contribution in [-0.2, 0) is 9.59 Å². The van der Waals surface area contributed by atoms with E-state index in [-0.39, 0.29) is 30.8 Å². The van der Waals surface area contributed by atoms with E-state index in [9.17, 15) is 9.59 Å². The zero-order valence-electron chi connectivity index (χ0n) is 11.0. The largest absolute Gasteiger partial charge is 0.355 e. The molecule has 3 N–H and O–H groups in total. The Bertz CT molecular complexity index is 256. The van der Waals surface area contributed by atoms with Crippen molar-refractivity contribution in [2.45, 2.75) is 32.6 Å². The van der Waals surface area contributed by atoms with Crippen molar-refractivity contribution in [1.29, 1.82) is 0 Å². The fraction of sp³-hybridized carbons (Fsp3) is 0.833. The van der Waals surface area contributed by atoms with Gasteiger partial charge < -0.3 is 16.0 Å². The van der Waals surface area contributed by atoms with E-state index < -0.39 is 0 Å². The number of carbonyl (C=O) groups excluding carboxylic acids is 2. The standard InChI is InChI=1S/C12H23N3O2.ClH/c1-2-3-11(16)15-9-12(17)14-7-5-10-4-6-13-8-10;/h10,13H,2-9H2,1H3,(H,14,17)(H,15,16);1H. The molecule has 0 saturated carbocycles. The van der Waals surface area contributed by atoms with Crippen molar-refractivity contribution in [1.82, 2.24) is 16.0 Å². The minimum absolute atomic E-state index is 0. The molecule has 0 radical (unpaired) electrons. The van der Waals surface area contributed by atoms with Gasteiger partial charge in [0.1, 0.15) is 0 Å². The molecule has 0 aromatic rings. The quantitative estimate of drug-likeness (QED) is 0.632. The van der Waals surface area contributed by atoms with Crippen molar-refractivity contribution in [2.24, 2.45) is 5.92 Å². The predicted molar refractivity (Wildman–Crippen MR) is 73.8 cm³/mol. The molecule has 5 nitrogen and oxygen atoms in total. The smallest absolute Gasteiger partial charge is 0.239 e. The van der Waals surface area contributed by atoms with Crippen LogP contribution in [0.2, 0.25) is 0 Å². The average Bonchev–Trinajstić information content (AvgIpc) is 2.80. The molecule has 1 heterocycles. The lowest BCUT2D eigenvalue weighted by atomic mass is 10.1. The van der Waals surface area contributed by atoms with Crippen LogP contribution in [0, 0.1) is 5.92 Å². The number of rotatable bonds is 7. The molecular formula is C12H24ClN3O2. The van der Waals surface area contributed by atoms with Gasteiger partial charge in [0, 0.05) is 13.0 Å². The van der Waals surface area contributed by atoms with E-state index in [4.69, 9.17) is 0 Å². The molecule has 1 fully saturated rings. The van der Waals surface area contributed by atoms with Gasteiger partial charge in [-0.3, -0.25) is 9.59 Å². The van der Waals surface area contributed by atoms with Gasteiger partial charge in [0.15, 0.2) is 0 Å². The number of hydrogen-bond donors (Lipinski definition) is 3. The fourth-order valence-corrected chi connectivity index (χ4v) is 1.93. The van der Waals surface area contributed by atoms with Gasteiger partial charge in [-0.25, -0.2) is 0 Å². The lowest BCUT2D eigenvalue weighted by molar-refractivity contribution is -0.126. The van der Waals surface area contributed by atoms with E-state index in [1.165, 1.54) is 6.42 Å². The summed E-state index contributed by atoms with van der Waals surface area (Å²) in [5.74, 6) is 0.535. The molecular weight excluding hydrogens is 254 g/mol. The predicted octanol–water partition coefficient (Wildman–Crippen LogP) is 0.440. The molecule has 106 valence electrons. The zero-order valence-corrected chi connectivity index (χ0v) is 11.8. The van der Waals surface area contributed by atoms with Crippen molar-refractivity contribution < 1.29 is 9.59 Å². The molecule has 1 aliphatic rings. The van der Waals surface area contributed by atoms with Gasteiger partial charge in [-0.2, -0.15) is 0 Å². The Morgan fingerprint density at radius 3 is 2.67 bits per heavy atom. The summed E-state index contributed by atoms with van der Waals surface area (Å²) in [7, 11) is 0. The third-order valence-electron chi connectivity index (χ3n) is 2.96. The maximum atomic E-state index is 11.4. The number of halogens is 1. The normalized spacial score (nSPS) is 17.9. The average molecular weight is 278 g/mol. The summed E-state index contributed by atoms with van der Waals surface area (Å²) in [6.45, 7) is 4.89. The van der Waals surface area contributed by atoms with Crippen molar-refractivity contribution in [2.75, 3.05) is 26.2 Å². The minimum Gasteiger partial charge on any atom is -0.355 e. The number of nitrogens with one attached hydrogen (secondary N) is 3. The second kappa shape index (κ2) is 10.1. The van der Waals surface area contributed by atoms with Crippen LogP contribution < -0.4 is 16.0 Å². The van der Waals surface area contributed by atoms with E-state index in [2.05, 4.69) is 16.0 Å². The van der Waals surface area contributed by atoms with Crippen LogP contribution in [0.25, 0.3) is 0 Å². The SMILES string of the molecule is CCCC(=O)NCC(=O)NCCC1CCNC1.Cl. The molecule has 0 spiro atoms. The first kappa shape index (κ1) is 17.2. The second-order valence-electron chi connectivity index (χ2n) is 4.52. The highest BCUT2D eigenvalue weighted by Gasteiger charge is 2.14. The van der Waals surface area contributed by atoms with Crippen molar-refractivity contribution in [3.63, 3.8) is 0 Å². The lowest BCUT2D eigenvalue weighted by Crippen LogP contribution is -2.37. The van der Waals surface area contributed by atoms with E-state index in [1.807, 2.05) is 6.92 Å². The van der Waals surface area contributed by atoms with Crippen LogP contribution >= 0.6 is 12.4 Å². The third-order valence-corrected chi connectivity index (χ3v) is 2.96. The highest BCUT2D eigenvalue weighted by Crippen LogP contribution is 2.10. The summed E-state index contributed by atoms with van der Waals surface area (Å²) < 4.78 is 0. The summed E-state index contributed by atoms with van der Waals surface area (Å²) in [6, 6.07) is 0. The molecule has 1 rings (SSSR count). The maximum Gasteiger partial charge on any atom is 0.239 e. The molecule has 0 aliphatic carbocycles. The summed E-state index contributed by atoms with van der Waals surface area (Å²) in [4.78, 5) is 22.5.